The fraction of sp³-hybridized carbons (Fsp3) is 0.421. The Morgan fingerprint density at radius 1 is 1.16 bits per heavy atom. The van der Waals surface area contributed by atoms with Gasteiger partial charge in [-0.1, -0.05) is 12.1 Å². The molecular weight excluding hydrogens is 314 g/mol. The summed E-state index contributed by atoms with van der Waals surface area (Å²) in [5.74, 6) is 0.626. The summed E-state index contributed by atoms with van der Waals surface area (Å²) in [5.41, 5.74) is 2.54. The Bertz CT molecular complexity index is 723. The first-order valence-electron chi connectivity index (χ1n) is 8.72. The summed E-state index contributed by atoms with van der Waals surface area (Å²) in [5, 5.41) is 0. The predicted octanol–water partition coefficient (Wildman–Crippen LogP) is 2.20. The van der Waals surface area contributed by atoms with Gasteiger partial charge in [0.1, 0.15) is 0 Å². The fourth-order valence-electron chi connectivity index (χ4n) is 3.00. The van der Waals surface area contributed by atoms with Crippen molar-refractivity contribution in [3.63, 3.8) is 0 Å². The standard InChI is InChI=1S/C19H25N5O/c1-4-24(17-7-5-6-15(2)12-17)18(25)16-13-20-19(21-14-16)23-10-8-22(3)9-11-23/h5-7,12-14H,4,8-11H2,1-3H3. The molecule has 0 N–H and O–H groups in total. The molecule has 25 heavy (non-hydrogen) atoms. The molecule has 1 aromatic carbocycles. The van der Waals surface area contributed by atoms with Gasteiger partial charge in [0.15, 0.2) is 0 Å². The van der Waals surface area contributed by atoms with Crippen molar-refractivity contribution in [3.05, 3.63) is 47.8 Å². The Balaban J connectivity index is 1.75. The number of amides is 1. The molecule has 0 bridgehead atoms. The third-order valence-electron chi connectivity index (χ3n) is 4.55. The molecule has 1 saturated heterocycles. The number of aromatic nitrogens is 2. The molecule has 0 atom stereocenters. The number of nitrogens with zero attached hydrogens (tertiary/aromatic N) is 5. The van der Waals surface area contributed by atoms with Gasteiger partial charge in [-0.2, -0.15) is 0 Å². The number of rotatable bonds is 4. The van der Waals surface area contributed by atoms with Crippen LogP contribution in [-0.2, 0) is 0 Å². The van der Waals surface area contributed by atoms with Crippen LogP contribution in [0.15, 0.2) is 36.7 Å². The van der Waals surface area contributed by atoms with Crippen molar-refractivity contribution in [3.8, 4) is 0 Å². The van der Waals surface area contributed by atoms with Crippen molar-refractivity contribution in [2.24, 2.45) is 0 Å². The summed E-state index contributed by atoms with van der Waals surface area (Å²) in [6.07, 6.45) is 3.28. The van der Waals surface area contributed by atoms with E-state index in [1.165, 1.54) is 0 Å². The van der Waals surface area contributed by atoms with Gasteiger partial charge in [-0.3, -0.25) is 4.79 Å². The van der Waals surface area contributed by atoms with Crippen LogP contribution in [0, 0.1) is 6.92 Å². The molecule has 1 aromatic heterocycles. The van der Waals surface area contributed by atoms with E-state index in [0.717, 1.165) is 37.4 Å². The number of hydrogen-bond donors (Lipinski definition) is 0. The number of carbonyl (C=O) groups is 1. The van der Waals surface area contributed by atoms with Crippen LogP contribution in [0.4, 0.5) is 11.6 Å². The number of carbonyl (C=O) groups excluding carboxylic acids is 1. The molecule has 1 aliphatic rings. The van der Waals surface area contributed by atoms with Crippen LogP contribution in [0.25, 0.3) is 0 Å². The highest BCUT2D eigenvalue weighted by molar-refractivity contribution is 6.05. The average Bonchev–Trinajstić information content (AvgIpc) is 2.63. The number of aryl methyl sites for hydroxylation is 1. The van der Waals surface area contributed by atoms with Crippen LogP contribution < -0.4 is 9.80 Å². The third-order valence-corrected chi connectivity index (χ3v) is 4.55. The third kappa shape index (κ3) is 3.96. The van der Waals surface area contributed by atoms with Gasteiger partial charge >= 0.3 is 0 Å². The van der Waals surface area contributed by atoms with Crippen LogP contribution in [0.1, 0.15) is 22.8 Å². The number of likely N-dealkylation sites (N-methyl/N-ethyl adjacent to an activating group) is 1. The van der Waals surface area contributed by atoms with Crippen molar-refractivity contribution in [2.75, 3.05) is 49.6 Å². The maximum absolute atomic E-state index is 12.8. The van der Waals surface area contributed by atoms with Crippen molar-refractivity contribution in [1.82, 2.24) is 14.9 Å². The summed E-state index contributed by atoms with van der Waals surface area (Å²) >= 11 is 0. The molecule has 0 spiro atoms. The van der Waals surface area contributed by atoms with Crippen LogP contribution in [0.2, 0.25) is 0 Å². The summed E-state index contributed by atoms with van der Waals surface area (Å²) in [6, 6.07) is 7.96. The Hall–Kier alpha value is -2.47. The first kappa shape index (κ1) is 17.4. The van der Waals surface area contributed by atoms with Crippen molar-refractivity contribution in [1.29, 1.82) is 0 Å². The lowest BCUT2D eigenvalue weighted by Crippen LogP contribution is -2.45. The van der Waals surface area contributed by atoms with E-state index in [-0.39, 0.29) is 5.91 Å². The van der Waals surface area contributed by atoms with E-state index in [9.17, 15) is 4.79 Å². The highest BCUT2D eigenvalue weighted by atomic mass is 16.2. The number of hydrogen-bond acceptors (Lipinski definition) is 5. The lowest BCUT2D eigenvalue weighted by molar-refractivity contribution is 0.0987. The zero-order valence-electron chi connectivity index (χ0n) is 15.1. The van der Waals surface area contributed by atoms with E-state index in [4.69, 9.17) is 0 Å². The van der Waals surface area contributed by atoms with E-state index in [2.05, 4.69) is 26.8 Å². The Labute approximate surface area is 149 Å². The Morgan fingerprint density at radius 3 is 2.44 bits per heavy atom. The normalized spacial score (nSPS) is 15.2. The molecule has 132 valence electrons. The predicted molar refractivity (Wildman–Crippen MR) is 100 cm³/mol. The Kier molecular flexibility index (Phi) is 5.28. The average molecular weight is 339 g/mol. The largest absolute Gasteiger partial charge is 0.338 e. The lowest BCUT2D eigenvalue weighted by Gasteiger charge is -2.32. The number of piperazine rings is 1. The fourth-order valence-corrected chi connectivity index (χ4v) is 3.00. The SMILES string of the molecule is CCN(C(=O)c1cnc(N2CCN(C)CC2)nc1)c1cccc(C)c1. The second-order valence-electron chi connectivity index (χ2n) is 6.45. The van der Waals surface area contributed by atoms with Gasteiger partial charge in [0.2, 0.25) is 5.95 Å². The van der Waals surface area contributed by atoms with Crippen LogP contribution >= 0.6 is 0 Å². The summed E-state index contributed by atoms with van der Waals surface area (Å²) in [4.78, 5) is 27.9. The lowest BCUT2D eigenvalue weighted by atomic mass is 10.2. The number of anilines is 2. The van der Waals surface area contributed by atoms with E-state index in [0.29, 0.717) is 18.1 Å². The van der Waals surface area contributed by atoms with E-state index in [1.54, 1.807) is 17.3 Å². The quantitative estimate of drug-likeness (QED) is 0.855. The summed E-state index contributed by atoms with van der Waals surface area (Å²) < 4.78 is 0. The summed E-state index contributed by atoms with van der Waals surface area (Å²) in [6.45, 7) is 8.42. The van der Waals surface area contributed by atoms with Gasteiger partial charge in [0.25, 0.3) is 5.91 Å². The second-order valence-corrected chi connectivity index (χ2v) is 6.45. The van der Waals surface area contributed by atoms with Gasteiger partial charge in [-0.15, -0.1) is 0 Å². The second kappa shape index (κ2) is 7.61. The monoisotopic (exact) mass is 339 g/mol. The van der Waals surface area contributed by atoms with Gasteiger partial charge in [-0.05, 0) is 38.6 Å². The first-order valence-corrected chi connectivity index (χ1v) is 8.72. The molecule has 1 fully saturated rings. The highest BCUT2D eigenvalue weighted by Crippen LogP contribution is 2.19. The number of benzene rings is 1. The van der Waals surface area contributed by atoms with Crippen LogP contribution in [0.5, 0.6) is 0 Å². The molecule has 3 rings (SSSR count). The molecule has 0 unspecified atom stereocenters. The molecular formula is C19H25N5O. The Morgan fingerprint density at radius 2 is 1.84 bits per heavy atom. The molecule has 1 amide bonds. The molecule has 0 radical (unpaired) electrons. The smallest absolute Gasteiger partial charge is 0.261 e. The van der Waals surface area contributed by atoms with Crippen LogP contribution in [-0.4, -0.2) is 60.5 Å². The van der Waals surface area contributed by atoms with Gasteiger partial charge in [0.05, 0.1) is 5.56 Å². The van der Waals surface area contributed by atoms with E-state index < -0.39 is 0 Å². The minimum absolute atomic E-state index is 0.0713. The molecule has 2 heterocycles. The minimum atomic E-state index is -0.0713. The van der Waals surface area contributed by atoms with Gasteiger partial charge < -0.3 is 14.7 Å². The van der Waals surface area contributed by atoms with E-state index in [1.807, 2.05) is 38.1 Å². The topological polar surface area (TPSA) is 52.6 Å². The maximum atomic E-state index is 12.8. The maximum Gasteiger partial charge on any atom is 0.261 e. The molecule has 0 saturated carbocycles. The molecule has 6 nitrogen and oxygen atoms in total. The molecule has 0 aliphatic carbocycles. The molecule has 2 aromatic rings. The zero-order valence-corrected chi connectivity index (χ0v) is 15.1. The van der Waals surface area contributed by atoms with Gasteiger partial charge in [-0.25, -0.2) is 9.97 Å². The summed E-state index contributed by atoms with van der Waals surface area (Å²) in [7, 11) is 2.12. The van der Waals surface area contributed by atoms with Crippen molar-refractivity contribution < 1.29 is 4.79 Å². The van der Waals surface area contributed by atoms with Crippen molar-refractivity contribution >= 4 is 17.5 Å². The van der Waals surface area contributed by atoms with Crippen molar-refractivity contribution in [2.45, 2.75) is 13.8 Å². The van der Waals surface area contributed by atoms with Crippen LogP contribution in [0.3, 0.4) is 0 Å². The highest BCUT2D eigenvalue weighted by Gasteiger charge is 2.19. The van der Waals surface area contributed by atoms with E-state index >= 15 is 0 Å². The molecule has 1 aliphatic heterocycles. The molecule has 6 heteroatoms. The zero-order chi connectivity index (χ0) is 17.8. The van der Waals surface area contributed by atoms with Gasteiger partial charge in [0, 0.05) is 50.8 Å². The minimum Gasteiger partial charge on any atom is -0.338 e. The first-order chi connectivity index (χ1) is 12.1.